The molecule has 0 fully saturated rings. The topological polar surface area (TPSA) is 80.9 Å². The molecular formula is C9H13ClN4O. The second-order valence-electron chi connectivity index (χ2n) is 3.08. The van der Waals surface area contributed by atoms with Gasteiger partial charge in [-0.2, -0.15) is 0 Å². The number of nitrogens with one attached hydrogen (secondary N) is 1. The smallest absolute Gasteiger partial charge is 0.217 e. The molecular weight excluding hydrogens is 216 g/mol. The Morgan fingerprint density at radius 2 is 2.27 bits per heavy atom. The van der Waals surface area contributed by atoms with E-state index in [4.69, 9.17) is 17.3 Å². The van der Waals surface area contributed by atoms with Gasteiger partial charge >= 0.3 is 0 Å². The Bertz CT molecular complexity index is 332. The van der Waals surface area contributed by atoms with E-state index in [1.807, 2.05) is 0 Å². The second-order valence-corrected chi connectivity index (χ2v) is 3.46. The van der Waals surface area contributed by atoms with Gasteiger partial charge in [0.25, 0.3) is 0 Å². The van der Waals surface area contributed by atoms with E-state index in [2.05, 4.69) is 15.3 Å². The number of primary amides is 1. The fourth-order valence-corrected chi connectivity index (χ4v) is 1.22. The molecule has 1 rings (SSSR count). The minimum Gasteiger partial charge on any atom is -0.370 e. The number of amides is 1. The highest BCUT2D eigenvalue weighted by atomic mass is 35.5. The zero-order valence-corrected chi connectivity index (χ0v) is 9.00. The van der Waals surface area contributed by atoms with Crippen LogP contribution in [0.1, 0.15) is 19.3 Å². The molecule has 1 heterocycles. The van der Waals surface area contributed by atoms with Gasteiger partial charge in [0.15, 0.2) is 0 Å². The average molecular weight is 229 g/mol. The molecule has 1 amide bonds. The third-order valence-corrected chi connectivity index (χ3v) is 2.00. The number of anilines is 1. The van der Waals surface area contributed by atoms with E-state index >= 15 is 0 Å². The molecule has 0 aliphatic carbocycles. The summed E-state index contributed by atoms with van der Waals surface area (Å²) in [5, 5.41) is 3.48. The number of nitrogens with two attached hydrogens (primary N) is 1. The van der Waals surface area contributed by atoms with Crippen LogP contribution >= 0.6 is 11.6 Å². The predicted octanol–water partition coefficient (Wildman–Crippen LogP) is 1.20. The Kier molecular flexibility index (Phi) is 4.83. The molecule has 0 saturated carbocycles. The van der Waals surface area contributed by atoms with Gasteiger partial charge in [0.2, 0.25) is 5.91 Å². The van der Waals surface area contributed by atoms with E-state index in [0.29, 0.717) is 17.4 Å². The lowest BCUT2D eigenvalue weighted by molar-refractivity contribution is -0.118. The fraction of sp³-hybridized carbons (Fsp3) is 0.444. The largest absolute Gasteiger partial charge is 0.370 e. The molecule has 0 bridgehead atoms. The van der Waals surface area contributed by atoms with Crippen LogP contribution in [0.25, 0.3) is 0 Å². The summed E-state index contributed by atoms with van der Waals surface area (Å²) in [7, 11) is 0. The van der Waals surface area contributed by atoms with Crippen molar-refractivity contribution in [3.8, 4) is 0 Å². The first-order chi connectivity index (χ1) is 7.18. The highest BCUT2D eigenvalue weighted by molar-refractivity contribution is 6.29. The van der Waals surface area contributed by atoms with Gasteiger partial charge in [-0.3, -0.25) is 4.79 Å². The maximum Gasteiger partial charge on any atom is 0.217 e. The Balaban J connectivity index is 2.17. The number of unbranched alkanes of at least 4 members (excludes halogenated alkanes) is 1. The van der Waals surface area contributed by atoms with Crippen molar-refractivity contribution in [3.63, 3.8) is 0 Å². The number of carbonyl (C=O) groups is 1. The molecule has 0 atom stereocenters. The van der Waals surface area contributed by atoms with Crippen molar-refractivity contribution in [1.82, 2.24) is 9.97 Å². The van der Waals surface area contributed by atoms with Gasteiger partial charge in [0, 0.05) is 19.0 Å². The molecule has 0 aliphatic heterocycles. The molecule has 0 aromatic carbocycles. The first-order valence-electron chi connectivity index (χ1n) is 4.68. The summed E-state index contributed by atoms with van der Waals surface area (Å²) in [4.78, 5) is 18.2. The van der Waals surface area contributed by atoms with Crippen molar-refractivity contribution in [2.24, 2.45) is 5.73 Å². The lowest BCUT2D eigenvalue weighted by atomic mass is 10.2. The first kappa shape index (κ1) is 11.7. The summed E-state index contributed by atoms with van der Waals surface area (Å²) in [6.07, 6.45) is 3.46. The standard InChI is InChI=1S/C9H13ClN4O/c10-7-5-9(14-6-13-7)12-4-2-1-3-8(11)15/h5-6H,1-4H2,(H2,11,15)(H,12,13,14). The second kappa shape index (κ2) is 6.19. The van der Waals surface area contributed by atoms with Crippen molar-refractivity contribution >= 4 is 23.3 Å². The van der Waals surface area contributed by atoms with Crippen LogP contribution in [0.3, 0.4) is 0 Å². The zero-order chi connectivity index (χ0) is 11.1. The van der Waals surface area contributed by atoms with Gasteiger partial charge < -0.3 is 11.1 Å². The summed E-state index contributed by atoms with van der Waals surface area (Å²) in [5.74, 6) is 0.425. The molecule has 3 N–H and O–H groups in total. The predicted molar refractivity (Wildman–Crippen MR) is 58.6 cm³/mol. The molecule has 0 aliphatic rings. The highest BCUT2D eigenvalue weighted by Crippen LogP contribution is 2.08. The molecule has 0 saturated heterocycles. The molecule has 82 valence electrons. The summed E-state index contributed by atoms with van der Waals surface area (Å²) in [6.45, 7) is 0.737. The Hall–Kier alpha value is -1.36. The lowest BCUT2D eigenvalue weighted by Crippen LogP contribution is -2.11. The van der Waals surface area contributed by atoms with Crippen molar-refractivity contribution in [2.75, 3.05) is 11.9 Å². The van der Waals surface area contributed by atoms with Crippen LogP contribution in [0.5, 0.6) is 0 Å². The van der Waals surface area contributed by atoms with E-state index in [-0.39, 0.29) is 5.91 Å². The summed E-state index contributed by atoms with van der Waals surface area (Å²) in [6, 6.07) is 1.65. The number of nitrogens with zero attached hydrogens (tertiary/aromatic N) is 2. The summed E-state index contributed by atoms with van der Waals surface area (Å²) >= 11 is 5.67. The third-order valence-electron chi connectivity index (χ3n) is 1.79. The van der Waals surface area contributed by atoms with Gasteiger partial charge in [-0.1, -0.05) is 11.6 Å². The van der Waals surface area contributed by atoms with E-state index < -0.39 is 0 Å². The van der Waals surface area contributed by atoms with Gasteiger partial charge in [-0.25, -0.2) is 9.97 Å². The van der Waals surface area contributed by atoms with E-state index in [0.717, 1.165) is 19.4 Å². The fourth-order valence-electron chi connectivity index (χ4n) is 1.07. The average Bonchev–Trinajstić information content (AvgIpc) is 2.17. The number of hydrogen-bond acceptors (Lipinski definition) is 4. The van der Waals surface area contributed by atoms with Crippen LogP contribution in [0.2, 0.25) is 5.15 Å². The Morgan fingerprint density at radius 3 is 2.93 bits per heavy atom. The molecule has 0 unspecified atom stereocenters. The van der Waals surface area contributed by atoms with Crippen molar-refractivity contribution in [3.05, 3.63) is 17.5 Å². The van der Waals surface area contributed by atoms with Crippen molar-refractivity contribution < 1.29 is 4.79 Å². The Labute approximate surface area is 93.0 Å². The van der Waals surface area contributed by atoms with Crippen LogP contribution in [0.4, 0.5) is 5.82 Å². The minimum absolute atomic E-state index is 0.264. The molecule has 0 spiro atoms. The SMILES string of the molecule is NC(=O)CCCCNc1cc(Cl)ncn1. The third kappa shape index (κ3) is 5.17. The monoisotopic (exact) mass is 228 g/mol. The quantitative estimate of drug-likeness (QED) is 0.566. The maximum absolute atomic E-state index is 10.4. The van der Waals surface area contributed by atoms with Gasteiger partial charge in [-0.15, -0.1) is 0 Å². The normalized spacial score (nSPS) is 9.93. The van der Waals surface area contributed by atoms with Crippen molar-refractivity contribution in [2.45, 2.75) is 19.3 Å². The molecule has 5 nitrogen and oxygen atoms in total. The van der Waals surface area contributed by atoms with Gasteiger partial charge in [0.1, 0.15) is 17.3 Å². The number of hydrogen-bond donors (Lipinski definition) is 2. The minimum atomic E-state index is -0.264. The number of halogens is 1. The lowest BCUT2D eigenvalue weighted by Gasteiger charge is -2.04. The summed E-state index contributed by atoms with van der Waals surface area (Å²) < 4.78 is 0. The van der Waals surface area contributed by atoms with Crippen LogP contribution in [-0.4, -0.2) is 22.4 Å². The highest BCUT2D eigenvalue weighted by Gasteiger charge is 1.96. The first-order valence-corrected chi connectivity index (χ1v) is 5.06. The van der Waals surface area contributed by atoms with Gasteiger partial charge in [0.05, 0.1) is 0 Å². The molecule has 1 aromatic heterocycles. The van der Waals surface area contributed by atoms with E-state index in [1.165, 1.54) is 6.33 Å². The molecule has 6 heteroatoms. The summed E-state index contributed by atoms with van der Waals surface area (Å²) in [5.41, 5.74) is 5.01. The number of aromatic nitrogens is 2. The van der Waals surface area contributed by atoms with Crippen LogP contribution in [0.15, 0.2) is 12.4 Å². The van der Waals surface area contributed by atoms with Crippen LogP contribution < -0.4 is 11.1 Å². The van der Waals surface area contributed by atoms with Crippen LogP contribution in [0, 0.1) is 0 Å². The van der Waals surface area contributed by atoms with E-state index in [1.54, 1.807) is 6.07 Å². The number of carbonyl (C=O) groups excluding carboxylic acids is 1. The zero-order valence-electron chi connectivity index (χ0n) is 8.24. The van der Waals surface area contributed by atoms with Crippen molar-refractivity contribution in [1.29, 1.82) is 0 Å². The van der Waals surface area contributed by atoms with Gasteiger partial charge in [-0.05, 0) is 12.8 Å². The van der Waals surface area contributed by atoms with Crippen LogP contribution in [-0.2, 0) is 4.79 Å². The Morgan fingerprint density at radius 1 is 1.47 bits per heavy atom. The molecule has 1 aromatic rings. The molecule has 0 radical (unpaired) electrons. The van der Waals surface area contributed by atoms with E-state index in [9.17, 15) is 4.79 Å². The number of rotatable bonds is 6. The molecule has 15 heavy (non-hydrogen) atoms. The maximum atomic E-state index is 10.4.